The molecule has 0 bridgehead atoms. The van der Waals surface area contributed by atoms with Crippen LogP contribution in [0, 0.1) is 0 Å². The van der Waals surface area contributed by atoms with Crippen molar-refractivity contribution < 1.29 is 18.3 Å². The Morgan fingerprint density at radius 3 is 2.58 bits per heavy atom. The molecule has 0 amide bonds. The maximum absolute atomic E-state index is 12.7. The Morgan fingerprint density at radius 2 is 1.89 bits per heavy atom. The molecule has 102 valence electrons. The van der Waals surface area contributed by atoms with Crippen LogP contribution in [0.15, 0.2) is 29.3 Å². The van der Waals surface area contributed by atoms with Crippen molar-refractivity contribution in [2.75, 3.05) is 12.4 Å². The van der Waals surface area contributed by atoms with E-state index in [0.29, 0.717) is 22.6 Å². The molecule has 1 N–H and O–H groups in total. The molecule has 0 spiro atoms. The summed E-state index contributed by atoms with van der Waals surface area (Å²) in [6.45, 7) is 0.00213. The third-order valence-electron chi connectivity index (χ3n) is 2.36. The fourth-order valence-corrected chi connectivity index (χ4v) is 2.46. The number of aliphatic hydroxyl groups is 1. The number of aromatic nitrogens is 2. The lowest BCUT2D eigenvalue weighted by molar-refractivity contribution is -0.145. The summed E-state index contributed by atoms with van der Waals surface area (Å²) in [6, 6.07) is 6.59. The number of para-hydroxylation sites is 1. The lowest BCUT2D eigenvalue weighted by Crippen LogP contribution is -2.11. The van der Waals surface area contributed by atoms with Gasteiger partial charge >= 0.3 is 6.18 Å². The van der Waals surface area contributed by atoms with Crippen molar-refractivity contribution in [1.29, 1.82) is 0 Å². The fourth-order valence-electron chi connectivity index (χ4n) is 1.52. The lowest BCUT2D eigenvalue weighted by atomic mass is 10.2. The van der Waals surface area contributed by atoms with Crippen LogP contribution in [-0.2, 0) is 6.18 Å². The summed E-state index contributed by atoms with van der Waals surface area (Å²) in [5, 5.41) is 9.61. The number of thioether (sulfide) groups is 1. The van der Waals surface area contributed by atoms with Gasteiger partial charge in [0, 0.05) is 17.7 Å². The Kier molecular flexibility index (Phi) is 4.26. The van der Waals surface area contributed by atoms with Crippen LogP contribution in [0.3, 0.4) is 0 Å². The fraction of sp³-hybridized carbons (Fsp3) is 0.333. The standard InChI is InChI=1S/C12H11F3N2OS/c13-12(14,15)11-16-9-5-2-1-4-8(9)10(17-11)19-7-3-6-18/h1-2,4-5,18H,3,6-7H2. The van der Waals surface area contributed by atoms with Gasteiger partial charge in [-0.25, -0.2) is 9.97 Å². The molecule has 2 aromatic rings. The number of fused-ring (bicyclic) bond motifs is 1. The minimum atomic E-state index is -4.56. The van der Waals surface area contributed by atoms with Crippen molar-refractivity contribution in [3.05, 3.63) is 30.1 Å². The second kappa shape index (κ2) is 5.75. The molecule has 7 heteroatoms. The molecule has 0 atom stereocenters. The monoisotopic (exact) mass is 288 g/mol. The zero-order valence-electron chi connectivity index (χ0n) is 9.81. The van der Waals surface area contributed by atoms with E-state index < -0.39 is 12.0 Å². The zero-order valence-corrected chi connectivity index (χ0v) is 10.6. The van der Waals surface area contributed by atoms with Crippen molar-refractivity contribution >= 4 is 22.7 Å². The Bertz CT molecular complexity index is 574. The molecule has 1 aromatic heterocycles. The quantitative estimate of drug-likeness (QED) is 0.533. The molecule has 0 saturated carbocycles. The summed E-state index contributed by atoms with van der Waals surface area (Å²) in [4.78, 5) is 7.13. The van der Waals surface area contributed by atoms with Crippen molar-refractivity contribution in [3.63, 3.8) is 0 Å². The normalized spacial score (nSPS) is 12.0. The van der Waals surface area contributed by atoms with Gasteiger partial charge in [-0.05, 0) is 12.5 Å². The molecular weight excluding hydrogens is 277 g/mol. The topological polar surface area (TPSA) is 46.0 Å². The van der Waals surface area contributed by atoms with Gasteiger partial charge in [-0.15, -0.1) is 11.8 Å². The minimum absolute atomic E-state index is 0.00213. The number of rotatable bonds is 4. The SMILES string of the molecule is OCCCSc1nc(C(F)(F)F)nc2ccccc12. The van der Waals surface area contributed by atoms with Crippen LogP contribution in [-0.4, -0.2) is 27.4 Å². The van der Waals surface area contributed by atoms with E-state index in [2.05, 4.69) is 9.97 Å². The second-order valence-electron chi connectivity index (χ2n) is 3.79. The molecule has 0 unspecified atom stereocenters. The second-order valence-corrected chi connectivity index (χ2v) is 4.88. The van der Waals surface area contributed by atoms with Gasteiger partial charge in [-0.2, -0.15) is 13.2 Å². The van der Waals surface area contributed by atoms with Crippen LogP contribution in [0.4, 0.5) is 13.2 Å². The Morgan fingerprint density at radius 1 is 1.16 bits per heavy atom. The minimum Gasteiger partial charge on any atom is -0.396 e. The Labute approximate surface area is 111 Å². The van der Waals surface area contributed by atoms with Gasteiger partial charge in [0.2, 0.25) is 5.82 Å². The van der Waals surface area contributed by atoms with Gasteiger partial charge in [0.1, 0.15) is 5.03 Å². The molecule has 1 aromatic carbocycles. The molecule has 19 heavy (non-hydrogen) atoms. The first-order valence-corrected chi connectivity index (χ1v) is 6.58. The van der Waals surface area contributed by atoms with Gasteiger partial charge in [-0.3, -0.25) is 0 Å². The van der Waals surface area contributed by atoms with E-state index in [1.165, 1.54) is 17.8 Å². The Balaban J connectivity index is 2.46. The number of nitrogens with zero attached hydrogens (tertiary/aromatic N) is 2. The molecule has 1 heterocycles. The zero-order chi connectivity index (χ0) is 13.9. The van der Waals surface area contributed by atoms with Crippen LogP contribution >= 0.6 is 11.8 Å². The first-order valence-electron chi connectivity index (χ1n) is 5.60. The van der Waals surface area contributed by atoms with Crippen LogP contribution < -0.4 is 0 Å². The highest BCUT2D eigenvalue weighted by molar-refractivity contribution is 7.99. The van der Waals surface area contributed by atoms with E-state index in [1.807, 2.05) is 0 Å². The number of alkyl halides is 3. The third kappa shape index (κ3) is 3.36. The first-order chi connectivity index (χ1) is 9.02. The average Bonchev–Trinajstić information content (AvgIpc) is 2.37. The largest absolute Gasteiger partial charge is 0.451 e. The Hall–Kier alpha value is -1.34. The number of hydrogen-bond acceptors (Lipinski definition) is 4. The maximum Gasteiger partial charge on any atom is 0.451 e. The van der Waals surface area contributed by atoms with E-state index in [1.54, 1.807) is 18.2 Å². The maximum atomic E-state index is 12.7. The molecule has 0 fully saturated rings. The predicted molar refractivity (Wildman–Crippen MR) is 67.0 cm³/mol. The summed E-state index contributed by atoms with van der Waals surface area (Å²) in [7, 11) is 0. The van der Waals surface area contributed by atoms with Crippen LogP contribution in [0.25, 0.3) is 10.9 Å². The molecular formula is C12H11F3N2OS. The van der Waals surface area contributed by atoms with E-state index in [0.717, 1.165) is 0 Å². The van der Waals surface area contributed by atoms with E-state index in [9.17, 15) is 13.2 Å². The van der Waals surface area contributed by atoms with Crippen LogP contribution in [0.2, 0.25) is 0 Å². The first kappa shape index (κ1) is 14.1. The van der Waals surface area contributed by atoms with Gasteiger partial charge in [0.05, 0.1) is 5.52 Å². The molecule has 0 radical (unpaired) electrons. The van der Waals surface area contributed by atoms with Gasteiger partial charge in [0.15, 0.2) is 0 Å². The molecule has 0 aliphatic heterocycles. The number of hydrogen-bond donors (Lipinski definition) is 1. The van der Waals surface area contributed by atoms with E-state index in [-0.39, 0.29) is 12.1 Å². The summed E-state index contributed by atoms with van der Waals surface area (Å²) in [6.07, 6.45) is -4.05. The molecule has 0 aliphatic carbocycles. The lowest BCUT2D eigenvalue weighted by Gasteiger charge is -2.09. The van der Waals surface area contributed by atoms with Crippen molar-refractivity contribution in [2.24, 2.45) is 0 Å². The molecule has 2 rings (SSSR count). The van der Waals surface area contributed by atoms with Gasteiger partial charge < -0.3 is 5.11 Å². The molecule has 3 nitrogen and oxygen atoms in total. The van der Waals surface area contributed by atoms with Crippen molar-refractivity contribution in [2.45, 2.75) is 17.6 Å². The highest BCUT2D eigenvalue weighted by atomic mass is 32.2. The third-order valence-corrected chi connectivity index (χ3v) is 3.44. The smallest absolute Gasteiger partial charge is 0.396 e. The van der Waals surface area contributed by atoms with Crippen LogP contribution in [0.5, 0.6) is 0 Å². The highest BCUT2D eigenvalue weighted by Crippen LogP contribution is 2.32. The summed E-state index contributed by atoms with van der Waals surface area (Å²) < 4.78 is 38.1. The van der Waals surface area contributed by atoms with Crippen molar-refractivity contribution in [1.82, 2.24) is 9.97 Å². The average molecular weight is 288 g/mol. The predicted octanol–water partition coefficient (Wildman–Crippen LogP) is 3.12. The summed E-state index contributed by atoms with van der Waals surface area (Å²) in [5.74, 6) is -0.618. The van der Waals surface area contributed by atoms with Crippen molar-refractivity contribution in [3.8, 4) is 0 Å². The summed E-state index contributed by atoms with van der Waals surface area (Å²) >= 11 is 1.19. The molecule has 0 saturated heterocycles. The highest BCUT2D eigenvalue weighted by Gasteiger charge is 2.35. The van der Waals surface area contributed by atoms with Gasteiger partial charge in [-0.1, -0.05) is 18.2 Å². The van der Waals surface area contributed by atoms with Gasteiger partial charge in [0.25, 0.3) is 0 Å². The van der Waals surface area contributed by atoms with E-state index in [4.69, 9.17) is 5.11 Å². The summed E-state index contributed by atoms with van der Waals surface area (Å²) in [5.41, 5.74) is 0.274. The van der Waals surface area contributed by atoms with Crippen LogP contribution in [0.1, 0.15) is 12.2 Å². The van der Waals surface area contributed by atoms with E-state index >= 15 is 0 Å². The molecule has 0 aliphatic rings. The number of aliphatic hydroxyl groups excluding tert-OH is 1. The number of benzene rings is 1. The number of halogens is 3.